The molecule has 2 amide bonds. The summed E-state index contributed by atoms with van der Waals surface area (Å²) >= 11 is 1.41. The number of amides is 2. The lowest BCUT2D eigenvalue weighted by atomic mass is 9.98. The molecule has 8 heteroatoms. The lowest BCUT2D eigenvalue weighted by molar-refractivity contribution is 0.163. The number of piperidine rings is 1. The number of carbonyl (C=O) groups excluding carboxylic acids is 1. The van der Waals surface area contributed by atoms with Gasteiger partial charge in [-0.05, 0) is 19.3 Å². The fraction of sp³-hybridized carbons (Fsp3) is 0.500. The van der Waals surface area contributed by atoms with E-state index in [4.69, 9.17) is 4.74 Å². The third kappa shape index (κ3) is 3.28. The smallest absolute Gasteiger partial charge is 0.324 e. The van der Waals surface area contributed by atoms with Crippen molar-refractivity contribution in [2.24, 2.45) is 0 Å². The average molecular weight is 321 g/mol. The first-order chi connectivity index (χ1) is 10.8. The standard InChI is InChI=1S/C14H19N5O2S/c1-21-8-11-9-22-13(17-11)18-14(20)19-5-3-2-4-12(19)10-6-15-16-7-10/h6-7,9,12H,2-5,8H2,1H3,(H,15,16)(H,17,18,20)/t12-/m1/s1. The minimum Gasteiger partial charge on any atom is -0.378 e. The molecule has 1 aliphatic rings. The van der Waals surface area contributed by atoms with Crippen LogP contribution >= 0.6 is 11.3 Å². The third-order valence-corrected chi connectivity index (χ3v) is 4.53. The summed E-state index contributed by atoms with van der Waals surface area (Å²) in [6.07, 6.45) is 6.75. The van der Waals surface area contributed by atoms with Crippen LogP contribution in [-0.4, -0.2) is 39.8 Å². The van der Waals surface area contributed by atoms with Crippen LogP contribution in [0.1, 0.15) is 36.6 Å². The number of nitrogens with zero attached hydrogens (tertiary/aromatic N) is 3. The van der Waals surface area contributed by atoms with Crippen LogP contribution in [0.4, 0.5) is 9.93 Å². The molecule has 3 rings (SSSR count). The molecule has 2 aromatic rings. The number of anilines is 1. The van der Waals surface area contributed by atoms with Gasteiger partial charge in [-0.2, -0.15) is 5.10 Å². The normalized spacial score (nSPS) is 18.4. The van der Waals surface area contributed by atoms with Crippen molar-refractivity contribution in [1.29, 1.82) is 0 Å². The van der Waals surface area contributed by atoms with Crippen LogP contribution in [0.25, 0.3) is 0 Å². The average Bonchev–Trinajstić information content (AvgIpc) is 3.19. The highest BCUT2D eigenvalue weighted by atomic mass is 32.1. The molecule has 0 spiro atoms. The first-order valence-electron chi connectivity index (χ1n) is 7.27. The van der Waals surface area contributed by atoms with Crippen molar-refractivity contribution in [1.82, 2.24) is 20.1 Å². The second-order valence-corrected chi connectivity index (χ2v) is 6.10. The summed E-state index contributed by atoms with van der Waals surface area (Å²) in [4.78, 5) is 18.8. The van der Waals surface area contributed by atoms with Gasteiger partial charge in [0.2, 0.25) is 0 Å². The Morgan fingerprint density at radius 3 is 3.27 bits per heavy atom. The van der Waals surface area contributed by atoms with Crippen molar-refractivity contribution in [3.63, 3.8) is 0 Å². The number of ether oxygens (including phenoxy) is 1. The Labute approximate surface area is 132 Å². The molecule has 1 aliphatic heterocycles. The van der Waals surface area contributed by atoms with Gasteiger partial charge >= 0.3 is 6.03 Å². The largest absolute Gasteiger partial charge is 0.378 e. The highest BCUT2D eigenvalue weighted by Crippen LogP contribution is 2.31. The van der Waals surface area contributed by atoms with E-state index in [2.05, 4.69) is 20.5 Å². The van der Waals surface area contributed by atoms with Gasteiger partial charge in [0.25, 0.3) is 0 Å². The zero-order chi connectivity index (χ0) is 15.4. The number of nitrogens with one attached hydrogen (secondary N) is 2. The lowest BCUT2D eigenvalue weighted by Crippen LogP contribution is -2.41. The molecule has 0 saturated carbocycles. The summed E-state index contributed by atoms with van der Waals surface area (Å²) in [5.41, 5.74) is 1.88. The summed E-state index contributed by atoms with van der Waals surface area (Å²) in [5, 5.41) is 12.2. The monoisotopic (exact) mass is 321 g/mol. The van der Waals surface area contributed by atoms with E-state index in [0.717, 1.165) is 37.1 Å². The topological polar surface area (TPSA) is 83.1 Å². The number of thiazole rings is 1. The molecule has 7 nitrogen and oxygen atoms in total. The maximum absolute atomic E-state index is 12.6. The van der Waals surface area contributed by atoms with E-state index in [1.54, 1.807) is 13.3 Å². The number of hydrogen-bond acceptors (Lipinski definition) is 5. The molecular weight excluding hydrogens is 302 g/mol. The van der Waals surface area contributed by atoms with Crippen molar-refractivity contribution in [2.45, 2.75) is 31.9 Å². The van der Waals surface area contributed by atoms with E-state index in [1.807, 2.05) is 16.5 Å². The zero-order valence-corrected chi connectivity index (χ0v) is 13.2. The van der Waals surface area contributed by atoms with Gasteiger partial charge in [-0.1, -0.05) is 0 Å². The Morgan fingerprint density at radius 2 is 2.50 bits per heavy atom. The van der Waals surface area contributed by atoms with Crippen LogP contribution < -0.4 is 5.32 Å². The molecule has 2 N–H and O–H groups in total. The molecule has 22 heavy (non-hydrogen) atoms. The number of rotatable bonds is 4. The van der Waals surface area contributed by atoms with Crippen molar-refractivity contribution < 1.29 is 9.53 Å². The van der Waals surface area contributed by atoms with Crippen LogP contribution in [0.5, 0.6) is 0 Å². The Hall–Kier alpha value is -1.93. The Balaban J connectivity index is 1.69. The number of aromatic amines is 1. The highest BCUT2D eigenvalue weighted by Gasteiger charge is 2.29. The van der Waals surface area contributed by atoms with Gasteiger partial charge in [-0.25, -0.2) is 9.78 Å². The first kappa shape index (κ1) is 15.0. The SMILES string of the molecule is COCc1csc(NC(=O)N2CCCC[C@@H]2c2cn[nH]c2)n1. The Bertz CT molecular complexity index is 613. The van der Waals surface area contributed by atoms with Crippen LogP contribution in [0.2, 0.25) is 0 Å². The Kier molecular flexibility index (Phi) is 4.69. The number of methoxy groups -OCH3 is 1. The third-order valence-electron chi connectivity index (χ3n) is 3.73. The van der Waals surface area contributed by atoms with Crippen molar-refractivity contribution >= 4 is 22.5 Å². The quantitative estimate of drug-likeness (QED) is 0.907. The molecule has 0 radical (unpaired) electrons. The van der Waals surface area contributed by atoms with Gasteiger partial charge in [0.05, 0.1) is 24.5 Å². The molecule has 1 atom stereocenters. The van der Waals surface area contributed by atoms with Crippen LogP contribution in [-0.2, 0) is 11.3 Å². The van der Waals surface area contributed by atoms with Gasteiger partial charge in [-0.3, -0.25) is 10.4 Å². The van der Waals surface area contributed by atoms with Gasteiger partial charge in [0.15, 0.2) is 5.13 Å². The maximum atomic E-state index is 12.6. The van der Waals surface area contributed by atoms with Gasteiger partial charge in [0.1, 0.15) is 0 Å². The van der Waals surface area contributed by atoms with Crippen molar-refractivity contribution in [2.75, 3.05) is 19.0 Å². The summed E-state index contributed by atoms with van der Waals surface area (Å²) in [6.45, 7) is 1.20. The van der Waals surface area contributed by atoms with Crippen LogP contribution in [0.15, 0.2) is 17.8 Å². The van der Waals surface area contributed by atoms with Crippen LogP contribution in [0.3, 0.4) is 0 Å². The lowest BCUT2D eigenvalue weighted by Gasteiger charge is -2.34. The molecule has 1 saturated heterocycles. The van der Waals surface area contributed by atoms with Crippen molar-refractivity contribution in [3.05, 3.63) is 29.0 Å². The first-order valence-corrected chi connectivity index (χ1v) is 8.15. The minimum absolute atomic E-state index is 0.0749. The van der Waals surface area contributed by atoms with Gasteiger partial charge in [-0.15, -0.1) is 11.3 Å². The number of likely N-dealkylation sites (tertiary alicyclic amines) is 1. The molecule has 118 valence electrons. The minimum atomic E-state index is -0.107. The molecule has 0 bridgehead atoms. The van der Waals surface area contributed by atoms with Crippen LogP contribution in [0, 0.1) is 0 Å². The summed E-state index contributed by atoms with van der Waals surface area (Å²) < 4.78 is 5.04. The predicted molar refractivity (Wildman–Crippen MR) is 83.7 cm³/mol. The molecule has 0 aromatic carbocycles. The number of urea groups is 1. The molecule has 0 aliphatic carbocycles. The molecule has 1 fully saturated rings. The van der Waals surface area contributed by atoms with E-state index in [0.29, 0.717) is 11.7 Å². The van der Waals surface area contributed by atoms with Gasteiger partial charge in [0, 0.05) is 30.8 Å². The fourth-order valence-electron chi connectivity index (χ4n) is 2.71. The van der Waals surface area contributed by atoms with E-state index in [9.17, 15) is 4.79 Å². The van der Waals surface area contributed by atoms with Gasteiger partial charge < -0.3 is 9.64 Å². The maximum Gasteiger partial charge on any atom is 0.324 e. The zero-order valence-electron chi connectivity index (χ0n) is 12.4. The van der Waals surface area contributed by atoms with E-state index >= 15 is 0 Å². The number of aromatic nitrogens is 3. The summed E-state index contributed by atoms with van der Waals surface area (Å²) in [6, 6.07) is -0.0323. The number of H-pyrrole nitrogens is 1. The highest BCUT2D eigenvalue weighted by molar-refractivity contribution is 7.13. The van der Waals surface area contributed by atoms with E-state index in [-0.39, 0.29) is 12.1 Å². The second-order valence-electron chi connectivity index (χ2n) is 5.24. The number of carbonyl (C=O) groups is 1. The fourth-order valence-corrected chi connectivity index (χ4v) is 3.39. The number of hydrogen-bond donors (Lipinski definition) is 2. The second kappa shape index (κ2) is 6.89. The molecule has 2 aromatic heterocycles. The van der Waals surface area contributed by atoms with Crippen molar-refractivity contribution in [3.8, 4) is 0 Å². The molecule has 0 unspecified atom stereocenters. The molecular formula is C14H19N5O2S. The predicted octanol–water partition coefficient (Wildman–Crippen LogP) is 2.77. The van der Waals surface area contributed by atoms with E-state index in [1.165, 1.54) is 11.3 Å². The Morgan fingerprint density at radius 1 is 1.59 bits per heavy atom. The molecule has 3 heterocycles. The summed E-state index contributed by atoms with van der Waals surface area (Å²) in [7, 11) is 1.63. The van der Waals surface area contributed by atoms with E-state index < -0.39 is 0 Å². The summed E-state index contributed by atoms with van der Waals surface area (Å²) in [5.74, 6) is 0.